The normalized spacial score (nSPS) is 13.5. The van der Waals surface area contributed by atoms with Gasteiger partial charge in [-0.15, -0.1) is 0 Å². The fourth-order valence-corrected chi connectivity index (χ4v) is 3.16. The molecule has 1 rings (SSSR count). The summed E-state index contributed by atoms with van der Waals surface area (Å²) in [6.07, 6.45) is 0.506. The fourth-order valence-electron chi connectivity index (χ4n) is 1.66. The molecule has 0 saturated carbocycles. The number of alkyl halides is 1. The molecule has 0 fully saturated rings. The van der Waals surface area contributed by atoms with Crippen LogP contribution in [0.4, 0.5) is 4.39 Å². The van der Waals surface area contributed by atoms with Gasteiger partial charge in [-0.1, -0.05) is 36.7 Å². The number of hydrogen-bond acceptors (Lipinski definition) is 1. The molecule has 1 aromatic carbocycles. The van der Waals surface area contributed by atoms with Crippen molar-refractivity contribution in [3.8, 4) is 0 Å². The lowest BCUT2D eigenvalue weighted by Crippen LogP contribution is -2.30. The zero-order valence-corrected chi connectivity index (χ0v) is 14.2. The minimum Gasteiger partial charge on any atom is -0.298 e. The van der Waals surface area contributed by atoms with Crippen molar-refractivity contribution in [3.63, 3.8) is 0 Å². The van der Waals surface area contributed by atoms with E-state index < -0.39 is 5.41 Å². The zero-order valence-electron chi connectivity index (χ0n) is 11.0. The summed E-state index contributed by atoms with van der Waals surface area (Å²) >= 11 is 6.56. The van der Waals surface area contributed by atoms with E-state index in [1.807, 2.05) is 27.7 Å². The van der Waals surface area contributed by atoms with Gasteiger partial charge in [0.15, 0.2) is 5.78 Å². The summed E-state index contributed by atoms with van der Waals surface area (Å²) in [6.45, 7) is 7.58. The maximum absolute atomic E-state index is 13.5. The number of ketones is 1. The topological polar surface area (TPSA) is 17.1 Å². The molecule has 1 atom stereocenters. The highest BCUT2D eigenvalue weighted by Crippen LogP contribution is 2.26. The molecule has 0 heterocycles. The average Bonchev–Trinajstić information content (AvgIpc) is 2.23. The molecule has 0 bridgehead atoms. The molecule has 18 heavy (non-hydrogen) atoms. The number of aryl methyl sites for hydroxylation is 1. The third kappa shape index (κ3) is 3.89. The molecular formula is C14H17Br2FO. The Labute approximate surface area is 124 Å². The van der Waals surface area contributed by atoms with Crippen LogP contribution < -0.4 is 0 Å². The Kier molecular flexibility index (Phi) is 5.13. The summed E-state index contributed by atoms with van der Waals surface area (Å²) in [4.78, 5) is 11.8. The highest BCUT2D eigenvalue weighted by Gasteiger charge is 2.28. The van der Waals surface area contributed by atoms with E-state index in [0.717, 1.165) is 11.1 Å². The molecular weight excluding hydrogens is 363 g/mol. The van der Waals surface area contributed by atoms with Crippen molar-refractivity contribution in [2.75, 3.05) is 0 Å². The number of Topliss-reactive ketones (excluding diaryl/α,β-unsaturated/α-hetero) is 1. The molecule has 0 spiro atoms. The van der Waals surface area contributed by atoms with Crippen molar-refractivity contribution < 1.29 is 9.18 Å². The smallest absolute Gasteiger partial charge is 0.152 e. The monoisotopic (exact) mass is 378 g/mol. The number of benzene rings is 1. The first-order valence-electron chi connectivity index (χ1n) is 5.76. The van der Waals surface area contributed by atoms with Gasteiger partial charge in [0.25, 0.3) is 0 Å². The number of carbonyl (C=O) groups excluding carboxylic acids is 1. The molecule has 0 aliphatic rings. The second-order valence-electron chi connectivity index (χ2n) is 5.48. The Balaban J connectivity index is 2.92. The van der Waals surface area contributed by atoms with Crippen LogP contribution in [-0.4, -0.2) is 10.6 Å². The third-order valence-corrected chi connectivity index (χ3v) is 4.15. The molecule has 1 unspecified atom stereocenters. The first-order valence-corrected chi connectivity index (χ1v) is 7.46. The van der Waals surface area contributed by atoms with Crippen LogP contribution in [0.25, 0.3) is 0 Å². The summed E-state index contributed by atoms with van der Waals surface area (Å²) in [6, 6.07) is 3.23. The maximum atomic E-state index is 13.5. The number of carbonyl (C=O) groups is 1. The predicted octanol–water partition coefficient (Wildman–Crippen LogP) is 4.82. The van der Waals surface area contributed by atoms with E-state index in [9.17, 15) is 9.18 Å². The quantitative estimate of drug-likeness (QED) is 0.688. The first-order chi connectivity index (χ1) is 8.12. The summed E-state index contributed by atoms with van der Waals surface area (Å²) in [5.74, 6) is -0.163. The number of halogens is 3. The Morgan fingerprint density at radius 2 is 1.94 bits per heavy atom. The Hall–Kier alpha value is -0.220. The maximum Gasteiger partial charge on any atom is 0.152 e. The predicted molar refractivity (Wildman–Crippen MR) is 79.7 cm³/mol. The lowest BCUT2D eigenvalue weighted by molar-refractivity contribution is -0.125. The average molecular weight is 380 g/mol. The highest BCUT2D eigenvalue weighted by atomic mass is 79.9. The van der Waals surface area contributed by atoms with Crippen LogP contribution in [0.2, 0.25) is 0 Å². The highest BCUT2D eigenvalue weighted by molar-refractivity contribution is 9.10. The van der Waals surface area contributed by atoms with Crippen LogP contribution in [0.1, 0.15) is 31.9 Å². The van der Waals surface area contributed by atoms with Gasteiger partial charge in [0.05, 0.1) is 9.30 Å². The second kappa shape index (κ2) is 5.83. The lowest BCUT2D eigenvalue weighted by atomic mass is 9.87. The molecule has 4 heteroatoms. The molecule has 1 nitrogen and oxygen atoms in total. The van der Waals surface area contributed by atoms with E-state index in [1.54, 1.807) is 6.07 Å². The molecule has 100 valence electrons. The molecule has 0 aromatic heterocycles. The van der Waals surface area contributed by atoms with Gasteiger partial charge < -0.3 is 0 Å². The molecule has 0 saturated heterocycles. The van der Waals surface area contributed by atoms with Crippen LogP contribution in [0, 0.1) is 18.2 Å². The van der Waals surface area contributed by atoms with Crippen LogP contribution in [0.5, 0.6) is 0 Å². The SMILES string of the molecule is Cc1cc(Br)c(F)cc1CC(Br)C(=O)C(C)(C)C. The summed E-state index contributed by atoms with van der Waals surface area (Å²) in [7, 11) is 0. The molecule has 0 aliphatic carbocycles. The van der Waals surface area contributed by atoms with Crippen molar-refractivity contribution >= 4 is 37.6 Å². The van der Waals surface area contributed by atoms with E-state index in [4.69, 9.17) is 0 Å². The van der Waals surface area contributed by atoms with Crippen LogP contribution >= 0.6 is 31.9 Å². The van der Waals surface area contributed by atoms with Gasteiger partial charge in [-0.3, -0.25) is 4.79 Å². The van der Waals surface area contributed by atoms with Gasteiger partial charge in [-0.2, -0.15) is 0 Å². The second-order valence-corrected chi connectivity index (χ2v) is 7.44. The van der Waals surface area contributed by atoms with E-state index in [0.29, 0.717) is 10.9 Å². The van der Waals surface area contributed by atoms with E-state index in [2.05, 4.69) is 31.9 Å². The van der Waals surface area contributed by atoms with Gasteiger partial charge in [0, 0.05) is 5.41 Å². The Morgan fingerprint density at radius 3 is 2.44 bits per heavy atom. The molecule has 0 N–H and O–H groups in total. The van der Waals surface area contributed by atoms with Gasteiger partial charge in [0.2, 0.25) is 0 Å². The molecule has 0 radical (unpaired) electrons. The van der Waals surface area contributed by atoms with Crippen LogP contribution in [-0.2, 0) is 11.2 Å². The van der Waals surface area contributed by atoms with Gasteiger partial charge in [-0.25, -0.2) is 4.39 Å². The molecule has 1 aromatic rings. The van der Waals surface area contributed by atoms with Crippen molar-refractivity contribution in [1.29, 1.82) is 0 Å². The summed E-state index contributed by atoms with van der Waals surface area (Å²) in [5, 5.41) is 0. The summed E-state index contributed by atoms with van der Waals surface area (Å²) < 4.78 is 14.0. The van der Waals surface area contributed by atoms with Crippen molar-refractivity contribution in [3.05, 3.63) is 33.5 Å². The summed E-state index contributed by atoms with van der Waals surface area (Å²) in [5.41, 5.74) is 1.44. The van der Waals surface area contributed by atoms with Crippen molar-refractivity contribution in [1.82, 2.24) is 0 Å². The van der Waals surface area contributed by atoms with E-state index in [1.165, 1.54) is 6.07 Å². The first kappa shape index (κ1) is 15.8. The van der Waals surface area contributed by atoms with Gasteiger partial charge in [0.1, 0.15) is 5.82 Å². The zero-order chi connectivity index (χ0) is 14.1. The number of hydrogen-bond donors (Lipinski definition) is 0. The fraction of sp³-hybridized carbons (Fsp3) is 0.500. The van der Waals surface area contributed by atoms with Crippen molar-refractivity contribution in [2.24, 2.45) is 5.41 Å². The van der Waals surface area contributed by atoms with E-state index >= 15 is 0 Å². The Bertz CT molecular complexity index is 464. The molecule has 0 aliphatic heterocycles. The van der Waals surface area contributed by atoms with Gasteiger partial charge >= 0.3 is 0 Å². The van der Waals surface area contributed by atoms with Crippen LogP contribution in [0.3, 0.4) is 0 Å². The van der Waals surface area contributed by atoms with Crippen molar-refractivity contribution in [2.45, 2.75) is 38.9 Å². The Morgan fingerprint density at radius 1 is 1.39 bits per heavy atom. The standard InChI is InChI=1S/C14H17Br2FO/c1-8-5-10(15)12(17)7-9(8)6-11(16)13(18)14(2,3)4/h5,7,11H,6H2,1-4H3. The van der Waals surface area contributed by atoms with E-state index in [-0.39, 0.29) is 16.4 Å². The minimum atomic E-state index is -0.393. The molecule has 0 amide bonds. The van der Waals surface area contributed by atoms with Gasteiger partial charge in [-0.05, 0) is 52.5 Å². The minimum absolute atomic E-state index is 0.130. The third-order valence-electron chi connectivity index (χ3n) is 2.80. The lowest BCUT2D eigenvalue weighted by Gasteiger charge is -2.21. The largest absolute Gasteiger partial charge is 0.298 e. The van der Waals surface area contributed by atoms with Crippen LogP contribution in [0.15, 0.2) is 16.6 Å². The number of rotatable bonds is 3.